The Morgan fingerprint density at radius 2 is 1.84 bits per heavy atom. The zero-order valence-corrected chi connectivity index (χ0v) is 16.2. The molecule has 0 bridgehead atoms. The average Bonchev–Trinajstić information content (AvgIpc) is 2.78. The number of rotatable bonds is 4. The van der Waals surface area contributed by atoms with Gasteiger partial charge < -0.3 is 9.47 Å². The molecule has 2 aliphatic rings. The highest BCUT2D eigenvalue weighted by molar-refractivity contribution is 5.73. The molecule has 0 aromatic heterocycles. The lowest BCUT2D eigenvalue weighted by molar-refractivity contribution is -0.154. The first kappa shape index (κ1) is 20.0. The normalized spacial score (nSPS) is 25.7. The van der Waals surface area contributed by atoms with Gasteiger partial charge >= 0.3 is 11.9 Å². The zero-order chi connectivity index (χ0) is 18.4. The molecule has 1 aliphatic heterocycles. The van der Waals surface area contributed by atoms with Crippen molar-refractivity contribution >= 4 is 11.9 Å². The maximum atomic E-state index is 12.0. The second-order valence-corrected chi connectivity index (χ2v) is 8.23. The van der Waals surface area contributed by atoms with E-state index in [-0.39, 0.29) is 17.9 Å². The van der Waals surface area contributed by atoms with Crippen molar-refractivity contribution in [1.82, 2.24) is 4.90 Å². The van der Waals surface area contributed by atoms with E-state index in [0.717, 1.165) is 51.6 Å². The fourth-order valence-electron chi connectivity index (χ4n) is 3.87. The smallest absolute Gasteiger partial charge is 0.310 e. The Bertz CT molecular complexity index is 498. The highest BCUT2D eigenvalue weighted by Crippen LogP contribution is 2.30. The van der Waals surface area contributed by atoms with Crippen LogP contribution in [-0.4, -0.2) is 48.7 Å². The standard InChI is InChI=1S/C20H33NO4/c1-20(2,3)25-18(22)14-15-6-5-12-21(13-11-15)17-9-7-16(8-10-17)19(23)24-4/h6,16-17H,5,7-14H2,1-4H3. The van der Waals surface area contributed by atoms with E-state index in [9.17, 15) is 9.59 Å². The molecular formula is C20H33NO4. The van der Waals surface area contributed by atoms with Gasteiger partial charge in [-0.2, -0.15) is 0 Å². The highest BCUT2D eigenvalue weighted by atomic mass is 16.6. The second-order valence-electron chi connectivity index (χ2n) is 8.23. The highest BCUT2D eigenvalue weighted by Gasteiger charge is 2.30. The number of nitrogens with zero attached hydrogens (tertiary/aromatic N) is 1. The van der Waals surface area contributed by atoms with Gasteiger partial charge in [0.1, 0.15) is 5.60 Å². The Morgan fingerprint density at radius 1 is 1.16 bits per heavy atom. The Labute approximate surface area is 151 Å². The quantitative estimate of drug-likeness (QED) is 0.573. The minimum absolute atomic E-state index is 0.0596. The van der Waals surface area contributed by atoms with Gasteiger partial charge in [0.05, 0.1) is 19.4 Å². The molecule has 0 saturated heterocycles. The Kier molecular flexibility index (Phi) is 7.05. The lowest BCUT2D eigenvalue weighted by Crippen LogP contribution is -2.40. The number of methoxy groups -OCH3 is 1. The zero-order valence-electron chi connectivity index (χ0n) is 16.2. The van der Waals surface area contributed by atoms with E-state index in [2.05, 4.69) is 11.0 Å². The topological polar surface area (TPSA) is 55.8 Å². The number of carbonyl (C=O) groups excluding carboxylic acids is 2. The molecule has 0 aromatic rings. The predicted octanol–water partition coefficient (Wildman–Crippen LogP) is 3.47. The Hall–Kier alpha value is -1.36. The van der Waals surface area contributed by atoms with Gasteiger partial charge in [0, 0.05) is 19.1 Å². The van der Waals surface area contributed by atoms with Crippen LogP contribution in [0.1, 0.15) is 65.7 Å². The molecule has 0 unspecified atom stereocenters. The third kappa shape index (κ3) is 6.46. The molecule has 1 saturated carbocycles. The van der Waals surface area contributed by atoms with Crippen molar-refractivity contribution in [3.05, 3.63) is 11.6 Å². The molecule has 0 amide bonds. The molecule has 1 aliphatic carbocycles. The fraction of sp³-hybridized carbons (Fsp3) is 0.800. The summed E-state index contributed by atoms with van der Waals surface area (Å²) in [5.41, 5.74) is 0.771. The summed E-state index contributed by atoms with van der Waals surface area (Å²) in [5, 5.41) is 0. The molecule has 0 N–H and O–H groups in total. The molecule has 1 heterocycles. The van der Waals surface area contributed by atoms with Crippen LogP contribution >= 0.6 is 0 Å². The minimum atomic E-state index is -0.424. The van der Waals surface area contributed by atoms with Crippen LogP contribution in [0, 0.1) is 5.92 Å². The van der Waals surface area contributed by atoms with Gasteiger partial charge in [0.2, 0.25) is 0 Å². The van der Waals surface area contributed by atoms with Gasteiger partial charge in [0.25, 0.3) is 0 Å². The van der Waals surface area contributed by atoms with Gasteiger partial charge in [0.15, 0.2) is 0 Å². The molecule has 2 rings (SSSR count). The summed E-state index contributed by atoms with van der Waals surface area (Å²) in [5.74, 6) is -0.115. The van der Waals surface area contributed by atoms with Crippen LogP contribution in [0.5, 0.6) is 0 Å². The van der Waals surface area contributed by atoms with Crippen LogP contribution in [0.4, 0.5) is 0 Å². The van der Waals surface area contributed by atoms with E-state index in [1.165, 1.54) is 12.7 Å². The summed E-state index contributed by atoms with van der Waals surface area (Å²) in [6.45, 7) is 7.73. The molecule has 0 atom stereocenters. The van der Waals surface area contributed by atoms with Crippen LogP contribution < -0.4 is 0 Å². The van der Waals surface area contributed by atoms with Crippen LogP contribution in [0.15, 0.2) is 11.6 Å². The van der Waals surface area contributed by atoms with Gasteiger partial charge in [-0.25, -0.2) is 0 Å². The molecule has 142 valence electrons. The van der Waals surface area contributed by atoms with Gasteiger partial charge in [-0.15, -0.1) is 0 Å². The van der Waals surface area contributed by atoms with Crippen LogP contribution in [0.3, 0.4) is 0 Å². The number of hydrogen-bond acceptors (Lipinski definition) is 5. The maximum Gasteiger partial charge on any atom is 0.310 e. The van der Waals surface area contributed by atoms with Crippen molar-refractivity contribution in [3.8, 4) is 0 Å². The van der Waals surface area contributed by atoms with Gasteiger partial charge in [-0.05, 0) is 59.3 Å². The molecule has 0 radical (unpaired) electrons. The van der Waals surface area contributed by atoms with Gasteiger partial charge in [-0.1, -0.05) is 11.6 Å². The van der Waals surface area contributed by atoms with Crippen molar-refractivity contribution in [1.29, 1.82) is 0 Å². The van der Waals surface area contributed by atoms with Crippen LogP contribution in [0.25, 0.3) is 0 Å². The fourth-order valence-corrected chi connectivity index (χ4v) is 3.87. The van der Waals surface area contributed by atoms with Crippen molar-refractivity contribution < 1.29 is 19.1 Å². The first-order valence-electron chi connectivity index (χ1n) is 9.50. The van der Waals surface area contributed by atoms with E-state index < -0.39 is 5.60 Å². The summed E-state index contributed by atoms with van der Waals surface area (Å²) >= 11 is 0. The molecule has 0 aromatic carbocycles. The third-order valence-electron chi connectivity index (χ3n) is 5.11. The second kappa shape index (κ2) is 8.84. The molecule has 1 fully saturated rings. The SMILES string of the molecule is COC(=O)C1CCC(N2CCC=C(CC(=O)OC(C)(C)C)CC2)CC1. The van der Waals surface area contributed by atoms with E-state index in [1.54, 1.807) is 0 Å². The first-order valence-corrected chi connectivity index (χ1v) is 9.50. The largest absolute Gasteiger partial charge is 0.469 e. The molecular weight excluding hydrogens is 318 g/mol. The maximum absolute atomic E-state index is 12.0. The number of hydrogen-bond donors (Lipinski definition) is 0. The molecule has 0 spiro atoms. The summed E-state index contributed by atoms with van der Waals surface area (Å²) in [7, 11) is 1.47. The van der Waals surface area contributed by atoms with E-state index in [1.807, 2.05) is 20.8 Å². The van der Waals surface area contributed by atoms with Crippen LogP contribution in [0.2, 0.25) is 0 Å². The lowest BCUT2D eigenvalue weighted by Gasteiger charge is -2.35. The lowest BCUT2D eigenvalue weighted by atomic mass is 9.85. The predicted molar refractivity (Wildman–Crippen MR) is 97.1 cm³/mol. The summed E-state index contributed by atoms with van der Waals surface area (Å²) in [6.07, 6.45) is 8.48. The van der Waals surface area contributed by atoms with E-state index in [4.69, 9.17) is 9.47 Å². The molecule has 5 nitrogen and oxygen atoms in total. The minimum Gasteiger partial charge on any atom is -0.469 e. The number of ether oxygens (including phenoxy) is 2. The van der Waals surface area contributed by atoms with Crippen LogP contribution in [-0.2, 0) is 19.1 Å². The van der Waals surface area contributed by atoms with E-state index in [0.29, 0.717) is 12.5 Å². The van der Waals surface area contributed by atoms with Crippen molar-refractivity contribution in [2.75, 3.05) is 20.2 Å². The molecule has 25 heavy (non-hydrogen) atoms. The van der Waals surface area contributed by atoms with Crippen molar-refractivity contribution in [3.63, 3.8) is 0 Å². The summed E-state index contributed by atoms with van der Waals surface area (Å²) < 4.78 is 10.3. The monoisotopic (exact) mass is 351 g/mol. The summed E-state index contributed by atoms with van der Waals surface area (Å²) in [4.78, 5) is 26.2. The third-order valence-corrected chi connectivity index (χ3v) is 5.11. The molecule has 5 heteroatoms. The van der Waals surface area contributed by atoms with Crippen molar-refractivity contribution in [2.45, 2.75) is 77.4 Å². The first-order chi connectivity index (χ1) is 11.8. The van der Waals surface area contributed by atoms with Gasteiger partial charge in [-0.3, -0.25) is 14.5 Å². The number of esters is 2. The number of carbonyl (C=O) groups is 2. The average molecular weight is 351 g/mol. The Balaban J connectivity index is 1.78. The summed E-state index contributed by atoms with van der Waals surface area (Å²) in [6, 6.07) is 0.551. The van der Waals surface area contributed by atoms with Crippen molar-refractivity contribution in [2.24, 2.45) is 5.92 Å². The Morgan fingerprint density at radius 3 is 2.44 bits per heavy atom. The van der Waals surface area contributed by atoms with E-state index >= 15 is 0 Å².